The van der Waals surface area contributed by atoms with Gasteiger partial charge in [0.2, 0.25) is 0 Å². The number of likely N-dealkylation sites (N-methyl/N-ethyl adjacent to an activating group) is 1. The monoisotopic (exact) mass is 735 g/mol. The van der Waals surface area contributed by atoms with Gasteiger partial charge in [-0.25, -0.2) is 8.42 Å². The van der Waals surface area contributed by atoms with E-state index < -0.39 is 33.7 Å². The third-order valence-corrected chi connectivity index (χ3v) is 10.3. The fourth-order valence-corrected chi connectivity index (χ4v) is 6.95. The number of alkyl halides is 3. The van der Waals surface area contributed by atoms with Crippen LogP contribution in [-0.2, 0) is 27.5 Å². The molecule has 1 amide bonds. The molecule has 4 rings (SSSR count). The second kappa shape index (κ2) is 17.6. The Kier molecular flexibility index (Phi) is 13.8. The Labute approximate surface area is 298 Å². The minimum absolute atomic E-state index is 0.0123. The van der Waals surface area contributed by atoms with E-state index in [-0.39, 0.29) is 47.4 Å². The van der Waals surface area contributed by atoms with Crippen LogP contribution in [0.1, 0.15) is 61.5 Å². The summed E-state index contributed by atoms with van der Waals surface area (Å²) in [6, 6.07) is 14.9. The zero-order chi connectivity index (χ0) is 37.3. The van der Waals surface area contributed by atoms with E-state index in [0.717, 1.165) is 25.0 Å². The average Bonchev–Trinajstić information content (AvgIpc) is 3.09. The number of carbonyl (C=O) groups is 1. The van der Waals surface area contributed by atoms with Crippen LogP contribution in [0.25, 0.3) is 0 Å². The summed E-state index contributed by atoms with van der Waals surface area (Å²) in [4.78, 5) is 17.9. The molecule has 0 aliphatic carbocycles. The van der Waals surface area contributed by atoms with Crippen molar-refractivity contribution in [2.24, 2.45) is 5.92 Å². The predicted octanol–water partition coefficient (Wildman–Crippen LogP) is 6.44. The molecular formula is C37H48F3N3O7S. The van der Waals surface area contributed by atoms with Gasteiger partial charge in [-0.15, -0.1) is 0 Å². The molecule has 0 radical (unpaired) electrons. The molecule has 0 spiro atoms. The Balaban J connectivity index is 1.61. The first-order chi connectivity index (χ1) is 24.1. The standard InChI is InChI=1S/C37H48F3N3O7S/c1-25-21-43(26(2)24-44)36(45)33-20-30(41-51(46,47)32-16-14-31(48-5)15-17-32)13-18-34(33)50-27(3)8-6-7-19-49-35(25)23-42(4)22-28-9-11-29(12-10-28)37(38,39)40/h9-18,20,25-27,35,41,44H,6-8,19,21-24H2,1-5H3/t25-,26+,27+,35-/m0/s1. The first kappa shape index (κ1) is 39.9. The van der Waals surface area contributed by atoms with Crippen molar-refractivity contribution in [3.8, 4) is 11.5 Å². The number of anilines is 1. The van der Waals surface area contributed by atoms with Crippen LogP contribution in [0.3, 0.4) is 0 Å². The van der Waals surface area contributed by atoms with Gasteiger partial charge in [0.05, 0.1) is 48.0 Å². The van der Waals surface area contributed by atoms with Crippen LogP contribution in [0.4, 0.5) is 18.9 Å². The van der Waals surface area contributed by atoms with Gasteiger partial charge in [0.1, 0.15) is 11.5 Å². The van der Waals surface area contributed by atoms with Crippen molar-refractivity contribution in [1.29, 1.82) is 0 Å². The van der Waals surface area contributed by atoms with E-state index in [1.807, 2.05) is 25.8 Å². The lowest BCUT2D eigenvalue weighted by Gasteiger charge is -2.36. The number of sulfonamides is 1. The minimum atomic E-state index is -4.41. The Morgan fingerprint density at radius 2 is 1.75 bits per heavy atom. The highest BCUT2D eigenvalue weighted by atomic mass is 32.2. The Morgan fingerprint density at radius 3 is 2.37 bits per heavy atom. The van der Waals surface area contributed by atoms with Gasteiger partial charge in [0, 0.05) is 37.8 Å². The Bertz CT molecular complexity index is 1690. The molecule has 0 saturated heterocycles. The third kappa shape index (κ3) is 11.1. The molecule has 2 N–H and O–H groups in total. The highest BCUT2D eigenvalue weighted by Crippen LogP contribution is 2.31. The number of carbonyl (C=O) groups excluding carboxylic acids is 1. The van der Waals surface area contributed by atoms with Crippen LogP contribution in [0.2, 0.25) is 0 Å². The van der Waals surface area contributed by atoms with Crippen molar-refractivity contribution in [3.05, 3.63) is 83.4 Å². The lowest BCUT2D eigenvalue weighted by molar-refractivity contribution is -0.137. The van der Waals surface area contributed by atoms with Gasteiger partial charge in [0.15, 0.2) is 0 Å². The highest BCUT2D eigenvalue weighted by molar-refractivity contribution is 7.92. The number of nitrogens with one attached hydrogen (secondary N) is 1. The van der Waals surface area contributed by atoms with Crippen molar-refractivity contribution in [2.45, 2.75) is 75.9 Å². The third-order valence-electron chi connectivity index (χ3n) is 8.90. The second-order valence-corrected chi connectivity index (χ2v) is 14.9. The predicted molar refractivity (Wildman–Crippen MR) is 188 cm³/mol. The summed E-state index contributed by atoms with van der Waals surface area (Å²) in [5.74, 6) is 0.109. The summed E-state index contributed by atoms with van der Waals surface area (Å²) in [7, 11) is -0.672. The fraction of sp³-hybridized carbons (Fsp3) is 0.486. The summed E-state index contributed by atoms with van der Waals surface area (Å²) in [6.45, 7) is 6.73. The van der Waals surface area contributed by atoms with Crippen molar-refractivity contribution < 1.29 is 45.7 Å². The van der Waals surface area contributed by atoms with Crippen LogP contribution >= 0.6 is 0 Å². The number of amides is 1. The van der Waals surface area contributed by atoms with Crippen molar-refractivity contribution in [2.75, 3.05) is 45.2 Å². The van der Waals surface area contributed by atoms with Crippen LogP contribution < -0.4 is 14.2 Å². The van der Waals surface area contributed by atoms with Gasteiger partial charge < -0.3 is 24.2 Å². The maximum Gasteiger partial charge on any atom is 0.416 e. The maximum absolute atomic E-state index is 14.4. The smallest absolute Gasteiger partial charge is 0.416 e. The van der Waals surface area contributed by atoms with Crippen LogP contribution in [0.5, 0.6) is 11.5 Å². The molecule has 10 nitrogen and oxygen atoms in total. The number of aliphatic hydroxyl groups is 1. The van der Waals surface area contributed by atoms with Gasteiger partial charge >= 0.3 is 6.18 Å². The van der Waals surface area contributed by atoms with E-state index in [9.17, 15) is 31.5 Å². The Hall–Kier alpha value is -3.85. The summed E-state index contributed by atoms with van der Waals surface area (Å²) >= 11 is 0. The number of rotatable bonds is 10. The van der Waals surface area contributed by atoms with Gasteiger partial charge in [-0.3, -0.25) is 14.4 Å². The number of aliphatic hydroxyl groups excluding tert-OH is 1. The summed E-state index contributed by atoms with van der Waals surface area (Å²) in [6.07, 6.45) is -2.81. The molecule has 1 heterocycles. The summed E-state index contributed by atoms with van der Waals surface area (Å²) in [5, 5.41) is 10.2. The molecule has 0 fully saturated rings. The number of hydrogen-bond donors (Lipinski definition) is 2. The van der Waals surface area contributed by atoms with Crippen molar-refractivity contribution in [1.82, 2.24) is 9.80 Å². The van der Waals surface area contributed by atoms with E-state index in [1.165, 1.54) is 54.5 Å². The van der Waals surface area contributed by atoms with E-state index in [2.05, 4.69) is 4.72 Å². The minimum Gasteiger partial charge on any atom is -0.497 e. The quantitative estimate of drug-likeness (QED) is 0.245. The highest BCUT2D eigenvalue weighted by Gasteiger charge is 2.32. The number of benzene rings is 3. The number of fused-ring (bicyclic) bond motifs is 1. The van der Waals surface area contributed by atoms with Crippen LogP contribution in [-0.4, -0.2) is 87.9 Å². The SMILES string of the molecule is COc1ccc(S(=O)(=O)Nc2ccc3c(c2)C(=O)N([C@H](C)CO)C[C@H](C)[C@H](CN(C)Cc2ccc(C(F)(F)F)cc2)OCCCC[C@@H](C)O3)cc1. The zero-order valence-corrected chi connectivity index (χ0v) is 30.5. The first-order valence-corrected chi connectivity index (χ1v) is 18.4. The number of halogens is 3. The summed E-state index contributed by atoms with van der Waals surface area (Å²) < 4.78 is 86.1. The fourth-order valence-electron chi connectivity index (χ4n) is 5.90. The molecular weight excluding hydrogens is 687 g/mol. The lowest BCUT2D eigenvalue weighted by atomic mass is 10.0. The molecule has 0 bridgehead atoms. The topological polar surface area (TPSA) is 118 Å². The molecule has 14 heteroatoms. The molecule has 1 aliphatic rings. The molecule has 0 saturated carbocycles. The van der Waals surface area contributed by atoms with E-state index in [1.54, 1.807) is 19.1 Å². The number of ether oxygens (including phenoxy) is 3. The molecule has 0 unspecified atom stereocenters. The molecule has 3 aromatic rings. The first-order valence-electron chi connectivity index (χ1n) is 17.0. The molecule has 1 aliphatic heterocycles. The van der Waals surface area contributed by atoms with Gasteiger partial charge in [-0.2, -0.15) is 13.2 Å². The molecule has 0 aromatic heterocycles. The molecule has 3 aromatic carbocycles. The normalized spacial score (nSPS) is 20.2. The lowest BCUT2D eigenvalue weighted by Crippen LogP contribution is -2.47. The largest absolute Gasteiger partial charge is 0.497 e. The Morgan fingerprint density at radius 1 is 1.06 bits per heavy atom. The van der Waals surface area contributed by atoms with Crippen LogP contribution in [0.15, 0.2) is 71.6 Å². The van der Waals surface area contributed by atoms with Gasteiger partial charge in [-0.1, -0.05) is 19.1 Å². The number of methoxy groups -OCH3 is 1. The van der Waals surface area contributed by atoms with Gasteiger partial charge in [0.25, 0.3) is 15.9 Å². The van der Waals surface area contributed by atoms with Crippen molar-refractivity contribution in [3.63, 3.8) is 0 Å². The summed E-state index contributed by atoms with van der Waals surface area (Å²) in [5.41, 5.74) is 0.306. The number of nitrogens with zero attached hydrogens (tertiary/aromatic N) is 2. The average molecular weight is 736 g/mol. The van der Waals surface area contributed by atoms with E-state index >= 15 is 0 Å². The molecule has 280 valence electrons. The number of hydrogen-bond acceptors (Lipinski definition) is 8. The maximum atomic E-state index is 14.4. The van der Waals surface area contributed by atoms with Gasteiger partial charge in [-0.05, 0) is 100 Å². The second-order valence-electron chi connectivity index (χ2n) is 13.2. The van der Waals surface area contributed by atoms with Crippen molar-refractivity contribution >= 4 is 21.6 Å². The zero-order valence-electron chi connectivity index (χ0n) is 29.7. The molecule has 51 heavy (non-hydrogen) atoms. The molecule has 4 atom stereocenters. The van der Waals surface area contributed by atoms with E-state index in [0.29, 0.717) is 43.2 Å². The van der Waals surface area contributed by atoms with Crippen LogP contribution in [0, 0.1) is 5.92 Å². The van der Waals surface area contributed by atoms with E-state index in [4.69, 9.17) is 14.2 Å².